The molecule has 0 saturated carbocycles. The smallest absolute Gasteiger partial charge is 0.251 e. The third-order valence-electron chi connectivity index (χ3n) is 2.44. The van der Waals surface area contributed by atoms with Crippen LogP contribution in [0.1, 0.15) is 17.3 Å². The first-order valence-corrected chi connectivity index (χ1v) is 5.35. The molecule has 1 aromatic heterocycles. The molecule has 0 aliphatic rings. The number of hydrogen-bond acceptors (Lipinski definition) is 4. The average molecular weight is 231 g/mol. The molecule has 0 atom stereocenters. The van der Waals surface area contributed by atoms with E-state index in [9.17, 15) is 4.79 Å². The number of nitrogens with zero attached hydrogens (tertiary/aromatic N) is 4. The van der Waals surface area contributed by atoms with Crippen molar-refractivity contribution >= 4 is 5.91 Å². The fourth-order valence-electron chi connectivity index (χ4n) is 1.57. The van der Waals surface area contributed by atoms with Gasteiger partial charge in [-0.1, -0.05) is 12.1 Å². The van der Waals surface area contributed by atoms with Crippen LogP contribution in [0.3, 0.4) is 0 Å². The molecule has 0 saturated heterocycles. The van der Waals surface area contributed by atoms with Crippen LogP contribution in [0.4, 0.5) is 0 Å². The Morgan fingerprint density at radius 1 is 1.47 bits per heavy atom. The van der Waals surface area contributed by atoms with Crippen molar-refractivity contribution in [2.24, 2.45) is 0 Å². The van der Waals surface area contributed by atoms with E-state index >= 15 is 0 Å². The van der Waals surface area contributed by atoms with Crippen molar-refractivity contribution in [1.29, 1.82) is 0 Å². The van der Waals surface area contributed by atoms with Gasteiger partial charge in [0.1, 0.15) is 0 Å². The molecule has 0 radical (unpaired) electrons. The summed E-state index contributed by atoms with van der Waals surface area (Å²) in [6, 6.07) is 7.22. The molecule has 1 heterocycles. The van der Waals surface area contributed by atoms with Crippen LogP contribution >= 0.6 is 0 Å². The highest BCUT2D eigenvalue weighted by atomic mass is 16.1. The second-order valence-electron chi connectivity index (χ2n) is 3.48. The summed E-state index contributed by atoms with van der Waals surface area (Å²) in [5, 5.41) is 14.0. The third-order valence-corrected chi connectivity index (χ3v) is 2.44. The first kappa shape index (κ1) is 11.3. The van der Waals surface area contributed by atoms with Gasteiger partial charge in [-0.25, -0.2) is 4.68 Å². The number of carbonyl (C=O) groups is 1. The van der Waals surface area contributed by atoms with Crippen molar-refractivity contribution in [3.05, 3.63) is 29.8 Å². The molecular formula is C11H13N5O. The molecule has 2 aromatic rings. The van der Waals surface area contributed by atoms with Crippen molar-refractivity contribution in [1.82, 2.24) is 25.5 Å². The maximum absolute atomic E-state index is 11.5. The summed E-state index contributed by atoms with van der Waals surface area (Å²) in [7, 11) is 1.60. The van der Waals surface area contributed by atoms with Crippen LogP contribution in [-0.2, 0) is 6.54 Å². The van der Waals surface area contributed by atoms with Gasteiger partial charge in [-0.05, 0) is 29.5 Å². The summed E-state index contributed by atoms with van der Waals surface area (Å²) in [5.41, 5.74) is 1.42. The van der Waals surface area contributed by atoms with Gasteiger partial charge in [0, 0.05) is 24.7 Å². The van der Waals surface area contributed by atoms with E-state index < -0.39 is 0 Å². The average Bonchev–Trinajstić information content (AvgIpc) is 2.86. The van der Waals surface area contributed by atoms with Gasteiger partial charge in [0.25, 0.3) is 5.91 Å². The van der Waals surface area contributed by atoms with Crippen LogP contribution in [0.5, 0.6) is 0 Å². The molecule has 6 nitrogen and oxygen atoms in total. The Bertz CT molecular complexity index is 534. The molecule has 6 heteroatoms. The maximum Gasteiger partial charge on any atom is 0.251 e. The predicted octanol–water partition coefficient (Wildman–Crippen LogP) is 0.720. The summed E-state index contributed by atoms with van der Waals surface area (Å²) < 4.78 is 1.68. The highest BCUT2D eigenvalue weighted by Gasteiger charge is 2.10. The Morgan fingerprint density at radius 3 is 3.00 bits per heavy atom. The largest absolute Gasteiger partial charge is 0.355 e. The van der Waals surface area contributed by atoms with E-state index in [1.54, 1.807) is 23.9 Å². The lowest BCUT2D eigenvalue weighted by Gasteiger charge is -2.04. The fourth-order valence-corrected chi connectivity index (χ4v) is 1.57. The van der Waals surface area contributed by atoms with E-state index in [1.807, 2.05) is 19.1 Å². The second-order valence-corrected chi connectivity index (χ2v) is 3.48. The predicted molar refractivity (Wildman–Crippen MR) is 62.3 cm³/mol. The van der Waals surface area contributed by atoms with Gasteiger partial charge in [0.15, 0.2) is 5.82 Å². The second kappa shape index (κ2) is 4.73. The van der Waals surface area contributed by atoms with E-state index in [-0.39, 0.29) is 5.91 Å². The number of amides is 1. The Morgan fingerprint density at radius 2 is 2.29 bits per heavy atom. The van der Waals surface area contributed by atoms with Gasteiger partial charge in [-0.2, -0.15) is 0 Å². The zero-order valence-corrected chi connectivity index (χ0v) is 9.71. The summed E-state index contributed by atoms with van der Waals surface area (Å²) in [4.78, 5) is 11.5. The molecule has 0 fully saturated rings. The minimum absolute atomic E-state index is 0.123. The summed E-state index contributed by atoms with van der Waals surface area (Å²) in [6.45, 7) is 2.65. The van der Waals surface area contributed by atoms with E-state index in [0.29, 0.717) is 17.9 Å². The normalized spacial score (nSPS) is 10.2. The van der Waals surface area contributed by atoms with Crippen LogP contribution in [0, 0.1) is 0 Å². The zero-order valence-electron chi connectivity index (χ0n) is 9.71. The number of rotatable bonds is 3. The van der Waals surface area contributed by atoms with E-state index in [1.165, 1.54) is 0 Å². The number of tetrazole rings is 1. The number of aromatic nitrogens is 4. The molecule has 0 unspecified atom stereocenters. The number of benzene rings is 1. The number of aryl methyl sites for hydroxylation is 1. The minimum Gasteiger partial charge on any atom is -0.355 e. The van der Waals surface area contributed by atoms with Crippen LogP contribution in [0.25, 0.3) is 11.4 Å². The monoisotopic (exact) mass is 231 g/mol. The molecule has 0 bridgehead atoms. The summed E-state index contributed by atoms with van der Waals surface area (Å²) in [5.74, 6) is 0.542. The van der Waals surface area contributed by atoms with Gasteiger partial charge >= 0.3 is 0 Å². The standard InChI is InChI=1S/C11H13N5O/c1-3-16-10(13-14-15-16)8-5-4-6-9(7-8)11(17)12-2/h4-7H,3H2,1-2H3,(H,12,17). The quantitative estimate of drug-likeness (QED) is 0.844. The minimum atomic E-state index is -0.123. The number of carbonyl (C=O) groups excluding carboxylic acids is 1. The fraction of sp³-hybridized carbons (Fsp3) is 0.273. The Balaban J connectivity index is 2.43. The molecule has 88 valence electrons. The van der Waals surface area contributed by atoms with Gasteiger partial charge < -0.3 is 5.32 Å². The van der Waals surface area contributed by atoms with Crippen molar-refractivity contribution in [3.63, 3.8) is 0 Å². The number of nitrogens with one attached hydrogen (secondary N) is 1. The molecule has 0 aliphatic heterocycles. The SMILES string of the molecule is CCn1nnnc1-c1cccc(C(=O)NC)c1. The molecule has 0 spiro atoms. The molecule has 1 aromatic carbocycles. The lowest BCUT2D eigenvalue weighted by molar-refractivity contribution is 0.0963. The molecule has 1 N–H and O–H groups in total. The van der Waals surface area contributed by atoms with Crippen molar-refractivity contribution in [2.75, 3.05) is 7.05 Å². The van der Waals surface area contributed by atoms with Crippen LogP contribution in [0.2, 0.25) is 0 Å². The molecule has 1 amide bonds. The molecule has 17 heavy (non-hydrogen) atoms. The summed E-state index contributed by atoms with van der Waals surface area (Å²) in [6.07, 6.45) is 0. The third kappa shape index (κ3) is 2.15. The lowest BCUT2D eigenvalue weighted by Crippen LogP contribution is -2.17. The maximum atomic E-state index is 11.5. The van der Waals surface area contributed by atoms with E-state index in [0.717, 1.165) is 5.56 Å². The highest BCUT2D eigenvalue weighted by molar-refractivity contribution is 5.95. The Kier molecular flexibility index (Phi) is 3.13. The van der Waals surface area contributed by atoms with Gasteiger partial charge in [0.2, 0.25) is 0 Å². The zero-order chi connectivity index (χ0) is 12.3. The van der Waals surface area contributed by atoms with Crippen molar-refractivity contribution in [3.8, 4) is 11.4 Å². The van der Waals surface area contributed by atoms with Crippen molar-refractivity contribution < 1.29 is 4.79 Å². The van der Waals surface area contributed by atoms with Crippen LogP contribution < -0.4 is 5.32 Å². The topological polar surface area (TPSA) is 72.7 Å². The van der Waals surface area contributed by atoms with Crippen LogP contribution in [0.15, 0.2) is 24.3 Å². The molecule has 2 rings (SSSR count). The van der Waals surface area contributed by atoms with Gasteiger partial charge in [0.05, 0.1) is 0 Å². The van der Waals surface area contributed by atoms with Crippen LogP contribution in [-0.4, -0.2) is 33.2 Å². The molecule has 0 aliphatic carbocycles. The first-order valence-electron chi connectivity index (χ1n) is 5.35. The Hall–Kier alpha value is -2.24. The highest BCUT2D eigenvalue weighted by Crippen LogP contribution is 2.17. The van der Waals surface area contributed by atoms with E-state index in [2.05, 4.69) is 20.8 Å². The van der Waals surface area contributed by atoms with Gasteiger partial charge in [-0.3, -0.25) is 4.79 Å². The van der Waals surface area contributed by atoms with E-state index in [4.69, 9.17) is 0 Å². The lowest BCUT2D eigenvalue weighted by atomic mass is 10.1. The van der Waals surface area contributed by atoms with Crippen molar-refractivity contribution in [2.45, 2.75) is 13.5 Å². The Labute approximate surface area is 98.6 Å². The van der Waals surface area contributed by atoms with Gasteiger partial charge in [-0.15, -0.1) is 5.10 Å². The number of hydrogen-bond donors (Lipinski definition) is 1. The molecular weight excluding hydrogens is 218 g/mol. The summed E-state index contributed by atoms with van der Waals surface area (Å²) >= 11 is 0. The first-order chi connectivity index (χ1) is 8.26.